The molecule has 2 aromatic rings. The second-order valence-corrected chi connectivity index (χ2v) is 5.32. The van der Waals surface area contributed by atoms with Crippen LogP contribution >= 0.6 is 11.9 Å². The number of fused-ring (bicyclic) bond motifs is 1. The molecular weight excluding hydrogens is 226 g/mol. The molecule has 3 rings (SSSR count). The lowest BCUT2D eigenvalue weighted by Crippen LogP contribution is -2.06. The van der Waals surface area contributed by atoms with Gasteiger partial charge in [-0.1, -0.05) is 37.3 Å². The average molecular weight is 241 g/mol. The van der Waals surface area contributed by atoms with Gasteiger partial charge in [0.25, 0.3) is 0 Å². The first kappa shape index (κ1) is 10.7. The first-order valence-corrected chi connectivity index (χ1v) is 6.76. The second kappa shape index (κ2) is 4.46. The van der Waals surface area contributed by atoms with Gasteiger partial charge < -0.3 is 4.31 Å². The summed E-state index contributed by atoms with van der Waals surface area (Å²) in [4.78, 5) is 1.38. The standard InChI is InChI=1S/C15H15NS/c1-2-12-7-9-14(10-8-12)16-11-13-5-3-4-6-15(13)17-16/h3-10H,2,11H2,1H3. The summed E-state index contributed by atoms with van der Waals surface area (Å²) < 4.78 is 2.35. The van der Waals surface area contributed by atoms with Crippen molar-refractivity contribution in [1.82, 2.24) is 0 Å². The van der Waals surface area contributed by atoms with Crippen molar-refractivity contribution >= 4 is 17.6 Å². The first-order valence-electron chi connectivity index (χ1n) is 5.99. The van der Waals surface area contributed by atoms with Crippen molar-refractivity contribution in [2.45, 2.75) is 24.8 Å². The van der Waals surface area contributed by atoms with Crippen molar-refractivity contribution in [3.8, 4) is 0 Å². The number of anilines is 1. The number of hydrogen-bond donors (Lipinski definition) is 0. The van der Waals surface area contributed by atoms with E-state index in [1.807, 2.05) is 11.9 Å². The molecule has 2 aromatic carbocycles. The number of nitrogens with zero attached hydrogens (tertiary/aromatic N) is 1. The van der Waals surface area contributed by atoms with Crippen LogP contribution in [0.2, 0.25) is 0 Å². The highest BCUT2D eigenvalue weighted by Gasteiger charge is 2.19. The summed E-state index contributed by atoms with van der Waals surface area (Å²) in [6, 6.07) is 17.5. The van der Waals surface area contributed by atoms with Crippen LogP contribution in [0.15, 0.2) is 53.4 Å². The molecule has 0 aliphatic carbocycles. The number of benzene rings is 2. The predicted molar refractivity (Wildman–Crippen MR) is 74.3 cm³/mol. The second-order valence-electron chi connectivity index (χ2n) is 4.26. The lowest BCUT2D eigenvalue weighted by molar-refractivity contribution is 1.06. The molecule has 0 saturated carbocycles. The fourth-order valence-electron chi connectivity index (χ4n) is 2.07. The Balaban J connectivity index is 1.83. The third-order valence-electron chi connectivity index (χ3n) is 3.13. The summed E-state index contributed by atoms with van der Waals surface area (Å²) in [5, 5.41) is 0. The van der Waals surface area contributed by atoms with Gasteiger partial charge in [-0.3, -0.25) is 0 Å². The van der Waals surface area contributed by atoms with Crippen LogP contribution in [-0.4, -0.2) is 0 Å². The number of hydrogen-bond acceptors (Lipinski definition) is 2. The summed E-state index contributed by atoms with van der Waals surface area (Å²) in [6.45, 7) is 3.20. The molecule has 0 radical (unpaired) electrons. The smallest absolute Gasteiger partial charge is 0.0561 e. The molecule has 0 spiro atoms. The van der Waals surface area contributed by atoms with E-state index in [4.69, 9.17) is 0 Å². The molecule has 1 aliphatic heterocycles. The minimum absolute atomic E-state index is 1.01. The molecule has 0 amide bonds. The Morgan fingerprint density at radius 3 is 2.53 bits per heavy atom. The molecule has 0 aromatic heterocycles. The van der Waals surface area contributed by atoms with Gasteiger partial charge in [0.05, 0.1) is 6.54 Å². The lowest BCUT2D eigenvalue weighted by Gasteiger charge is -2.16. The molecule has 1 aliphatic rings. The van der Waals surface area contributed by atoms with E-state index in [2.05, 4.69) is 59.8 Å². The predicted octanol–water partition coefficient (Wildman–Crippen LogP) is 4.28. The van der Waals surface area contributed by atoms with Crippen LogP contribution < -0.4 is 4.31 Å². The highest BCUT2D eigenvalue weighted by Crippen LogP contribution is 2.39. The summed E-state index contributed by atoms with van der Waals surface area (Å²) in [5.41, 5.74) is 4.12. The van der Waals surface area contributed by atoms with E-state index in [1.165, 1.54) is 21.7 Å². The fraction of sp³-hybridized carbons (Fsp3) is 0.200. The summed E-state index contributed by atoms with van der Waals surface area (Å²) in [5.74, 6) is 0. The number of rotatable bonds is 2. The molecule has 0 fully saturated rings. The van der Waals surface area contributed by atoms with E-state index in [-0.39, 0.29) is 0 Å². The maximum absolute atomic E-state index is 2.35. The summed E-state index contributed by atoms with van der Waals surface area (Å²) >= 11 is 1.84. The van der Waals surface area contributed by atoms with Crippen molar-refractivity contribution in [3.63, 3.8) is 0 Å². The van der Waals surface area contributed by atoms with Gasteiger partial charge in [0.15, 0.2) is 0 Å². The molecular formula is C15H15NS. The van der Waals surface area contributed by atoms with Crippen molar-refractivity contribution in [2.24, 2.45) is 0 Å². The summed E-state index contributed by atoms with van der Waals surface area (Å²) in [6.07, 6.45) is 1.10. The van der Waals surface area contributed by atoms with Gasteiger partial charge in [0, 0.05) is 10.6 Å². The van der Waals surface area contributed by atoms with Crippen molar-refractivity contribution in [2.75, 3.05) is 4.31 Å². The number of aryl methyl sites for hydroxylation is 1. The van der Waals surface area contributed by atoms with Crippen LogP contribution in [0.3, 0.4) is 0 Å². The van der Waals surface area contributed by atoms with Gasteiger partial charge in [-0.2, -0.15) is 0 Å². The molecule has 0 unspecified atom stereocenters. The van der Waals surface area contributed by atoms with Crippen molar-refractivity contribution < 1.29 is 0 Å². The third-order valence-corrected chi connectivity index (χ3v) is 4.28. The van der Waals surface area contributed by atoms with Crippen LogP contribution in [0.1, 0.15) is 18.1 Å². The molecule has 0 N–H and O–H groups in total. The zero-order valence-corrected chi connectivity index (χ0v) is 10.7. The minimum atomic E-state index is 1.01. The quantitative estimate of drug-likeness (QED) is 0.722. The average Bonchev–Trinajstić information content (AvgIpc) is 2.82. The Morgan fingerprint density at radius 1 is 1.06 bits per heavy atom. The van der Waals surface area contributed by atoms with Gasteiger partial charge in [-0.25, -0.2) is 0 Å². The van der Waals surface area contributed by atoms with Gasteiger partial charge >= 0.3 is 0 Å². The van der Waals surface area contributed by atoms with E-state index in [0.717, 1.165) is 13.0 Å². The maximum atomic E-state index is 2.35. The Labute approximate surface area is 107 Å². The summed E-state index contributed by atoms with van der Waals surface area (Å²) in [7, 11) is 0. The van der Waals surface area contributed by atoms with Crippen molar-refractivity contribution in [1.29, 1.82) is 0 Å². The Bertz CT molecular complexity index is 494. The minimum Gasteiger partial charge on any atom is -0.308 e. The van der Waals surface area contributed by atoms with Gasteiger partial charge in [-0.05, 0) is 47.7 Å². The monoisotopic (exact) mass is 241 g/mol. The van der Waals surface area contributed by atoms with E-state index in [1.54, 1.807) is 0 Å². The van der Waals surface area contributed by atoms with Crippen LogP contribution in [0, 0.1) is 0 Å². The van der Waals surface area contributed by atoms with Crippen LogP contribution in [0.5, 0.6) is 0 Å². The highest BCUT2D eigenvalue weighted by atomic mass is 32.2. The van der Waals surface area contributed by atoms with E-state index in [9.17, 15) is 0 Å². The Kier molecular flexibility index (Phi) is 2.81. The highest BCUT2D eigenvalue weighted by molar-refractivity contribution is 8.01. The van der Waals surface area contributed by atoms with E-state index >= 15 is 0 Å². The normalized spacial score (nSPS) is 13.8. The van der Waals surface area contributed by atoms with E-state index in [0.29, 0.717) is 0 Å². The molecule has 0 atom stereocenters. The first-order chi connectivity index (χ1) is 8.36. The lowest BCUT2D eigenvalue weighted by atomic mass is 10.1. The maximum Gasteiger partial charge on any atom is 0.0561 e. The van der Waals surface area contributed by atoms with Gasteiger partial charge in [0.1, 0.15) is 0 Å². The zero-order valence-electron chi connectivity index (χ0n) is 9.89. The fourth-order valence-corrected chi connectivity index (χ4v) is 3.13. The molecule has 86 valence electrons. The van der Waals surface area contributed by atoms with Crippen LogP contribution in [0.25, 0.3) is 0 Å². The van der Waals surface area contributed by atoms with Crippen molar-refractivity contribution in [3.05, 3.63) is 59.7 Å². The zero-order chi connectivity index (χ0) is 11.7. The largest absolute Gasteiger partial charge is 0.308 e. The third kappa shape index (κ3) is 2.05. The SMILES string of the molecule is CCc1ccc(N2Cc3ccccc3S2)cc1. The Hall–Kier alpha value is -1.41. The van der Waals surface area contributed by atoms with Gasteiger partial charge in [-0.15, -0.1) is 0 Å². The molecule has 0 saturated heterocycles. The topological polar surface area (TPSA) is 3.24 Å². The molecule has 2 heteroatoms. The van der Waals surface area contributed by atoms with Crippen LogP contribution in [-0.2, 0) is 13.0 Å². The molecule has 1 nitrogen and oxygen atoms in total. The van der Waals surface area contributed by atoms with E-state index < -0.39 is 0 Å². The molecule has 17 heavy (non-hydrogen) atoms. The molecule has 1 heterocycles. The Morgan fingerprint density at radius 2 is 1.82 bits per heavy atom. The van der Waals surface area contributed by atoms with Gasteiger partial charge in [0.2, 0.25) is 0 Å². The molecule has 0 bridgehead atoms. The van der Waals surface area contributed by atoms with Crippen LogP contribution in [0.4, 0.5) is 5.69 Å².